The summed E-state index contributed by atoms with van der Waals surface area (Å²) >= 11 is 0.975. The van der Waals surface area contributed by atoms with Crippen molar-refractivity contribution in [1.82, 2.24) is 10.2 Å². The van der Waals surface area contributed by atoms with Gasteiger partial charge in [0.1, 0.15) is 0 Å². The molecule has 0 spiro atoms. The third kappa shape index (κ3) is 5.10. The molecule has 4 amide bonds. The number of thioether (sulfide) groups is 1. The van der Waals surface area contributed by atoms with Gasteiger partial charge < -0.3 is 10.6 Å². The van der Waals surface area contributed by atoms with E-state index in [0.29, 0.717) is 5.69 Å². The lowest BCUT2D eigenvalue weighted by molar-refractivity contribution is -0.125. The molecule has 0 radical (unpaired) electrons. The number of amides is 4. The number of carbonyl (C=O) groups is 4. The summed E-state index contributed by atoms with van der Waals surface area (Å²) in [5.41, 5.74) is 1.48. The van der Waals surface area contributed by atoms with E-state index in [2.05, 4.69) is 10.6 Å². The molecular weight excluding hydrogens is 318 g/mol. The highest BCUT2D eigenvalue weighted by atomic mass is 32.2. The molecule has 2 N–H and O–H groups in total. The summed E-state index contributed by atoms with van der Waals surface area (Å²) in [6.45, 7) is 1.86. The van der Waals surface area contributed by atoms with Crippen molar-refractivity contribution in [1.29, 1.82) is 0 Å². The standard InChI is InChI=1S/C15H17N3O4S/c1-10(19)17-12-4-2-11(3-5-12)8-13(20)16-6-7-18-14(21)9-23-15(18)22/h2-5H,6-9H2,1H3,(H,16,20)(H,17,19). The van der Waals surface area contributed by atoms with Gasteiger partial charge in [0.2, 0.25) is 17.7 Å². The van der Waals surface area contributed by atoms with Crippen LogP contribution in [0.15, 0.2) is 24.3 Å². The summed E-state index contributed by atoms with van der Waals surface area (Å²) in [4.78, 5) is 46.7. The number of rotatable bonds is 6. The Balaban J connectivity index is 1.75. The summed E-state index contributed by atoms with van der Waals surface area (Å²) in [6.07, 6.45) is 0.191. The topological polar surface area (TPSA) is 95.6 Å². The molecule has 122 valence electrons. The van der Waals surface area contributed by atoms with Crippen molar-refractivity contribution in [3.63, 3.8) is 0 Å². The van der Waals surface area contributed by atoms with Crippen LogP contribution in [-0.4, -0.2) is 46.7 Å². The number of hydrogen-bond acceptors (Lipinski definition) is 5. The second-order valence-electron chi connectivity index (χ2n) is 5.00. The Labute approximate surface area is 137 Å². The third-order valence-corrected chi connectivity index (χ3v) is 4.00. The van der Waals surface area contributed by atoms with Crippen molar-refractivity contribution in [2.45, 2.75) is 13.3 Å². The molecule has 0 bridgehead atoms. The fourth-order valence-corrected chi connectivity index (χ4v) is 2.81. The SMILES string of the molecule is CC(=O)Nc1ccc(CC(=O)NCCN2C(=O)CSC2=O)cc1. The van der Waals surface area contributed by atoms with E-state index in [1.165, 1.54) is 6.92 Å². The van der Waals surface area contributed by atoms with Crippen LogP contribution in [0.25, 0.3) is 0 Å². The Morgan fingerprint density at radius 2 is 1.91 bits per heavy atom. The smallest absolute Gasteiger partial charge is 0.288 e. The van der Waals surface area contributed by atoms with E-state index >= 15 is 0 Å². The zero-order valence-corrected chi connectivity index (χ0v) is 13.4. The number of imide groups is 1. The maximum atomic E-state index is 11.8. The van der Waals surface area contributed by atoms with Crippen LogP contribution < -0.4 is 10.6 Å². The van der Waals surface area contributed by atoms with Gasteiger partial charge in [-0.05, 0) is 17.7 Å². The van der Waals surface area contributed by atoms with Crippen molar-refractivity contribution in [2.24, 2.45) is 0 Å². The molecule has 1 saturated heterocycles. The number of nitrogens with one attached hydrogen (secondary N) is 2. The minimum atomic E-state index is -0.266. The minimum absolute atomic E-state index is 0.153. The first kappa shape index (κ1) is 17.0. The lowest BCUT2D eigenvalue weighted by atomic mass is 10.1. The van der Waals surface area contributed by atoms with Gasteiger partial charge in [-0.2, -0.15) is 0 Å². The van der Waals surface area contributed by atoms with Crippen LogP contribution in [-0.2, 0) is 20.8 Å². The predicted molar refractivity (Wildman–Crippen MR) is 87.0 cm³/mol. The molecule has 1 aliphatic heterocycles. The second-order valence-corrected chi connectivity index (χ2v) is 5.93. The van der Waals surface area contributed by atoms with Crippen LogP contribution >= 0.6 is 11.8 Å². The van der Waals surface area contributed by atoms with Crippen LogP contribution in [0, 0.1) is 0 Å². The van der Waals surface area contributed by atoms with Crippen LogP contribution in [0.4, 0.5) is 10.5 Å². The first-order valence-corrected chi connectivity index (χ1v) is 8.04. The average Bonchev–Trinajstić information content (AvgIpc) is 2.80. The van der Waals surface area contributed by atoms with Crippen LogP contribution in [0.5, 0.6) is 0 Å². The fraction of sp³-hybridized carbons (Fsp3) is 0.333. The molecule has 1 heterocycles. The summed E-state index contributed by atoms with van der Waals surface area (Å²) in [5.74, 6) is -0.389. The molecule has 1 aromatic carbocycles. The Morgan fingerprint density at radius 1 is 1.22 bits per heavy atom. The normalized spacial score (nSPS) is 14.0. The molecule has 0 aromatic heterocycles. The van der Waals surface area contributed by atoms with Gasteiger partial charge in [0.15, 0.2) is 0 Å². The van der Waals surface area contributed by atoms with E-state index in [-0.39, 0.29) is 48.2 Å². The van der Waals surface area contributed by atoms with E-state index in [1.807, 2.05) is 0 Å². The van der Waals surface area contributed by atoms with Gasteiger partial charge in [0.25, 0.3) is 5.24 Å². The van der Waals surface area contributed by atoms with Crippen LogP contribution in [0.1, 0.15) is 12.5 Å². The molecule has 23 heavy (non-hydrogen) atoms. The van der Waals surface area contributed by atoms with Crippen LogP contribution in [0.3, 0.4) is 0 Å². The van der Waals surface area contributed by atoms with E-state index in [9.17, 15) is 19.2 Å². The summed E-state index contributed by atoms with van der Waals surface area (Å²) < 4.78 is 0. The molecule has 0 atom stereocenters. The van der Waals surface area contributed by atoms with E-state index < -0.39 is 0 Å². The van der Waals surface area contributed by atoms with Crippen molar-refractivity contribution < 1.29 is 19.2 Å². The summed E-state index contributed by atoms with van der Waals surface area (Å²) in [7, 11) is 0. The zero-order chi connectivity index (χ0) is 16.8. The van der Waals surface area contributed by atoms with E-state index in [1.54, 1.807) is 24.3 Å². The molecule has 7 nitrogen and oxygen atoms in total. The molecule has 1 aromatic rings. The highest BCUT2D eigenvalue weighted by Crippen LogP contribution is 2.17. The Kier molecular flexibility index (Phi) is 5.75. The predicted octanol–water partition coefficient (Wildman–Crippen LogP) is 0.999. The Morgan fingerprint density at radius 3 is 2.48 bits per heavy atom. The van der Waals surface area contributed by atoms with Gasteiger partial charge in [-0.3, -0.25) is 24.1 Å². The van der Waals surface area contributed by atoms with Crippen molar-refractivity contribution in [2.75, 3.05) is 24.2 Å². The maximum Gasteiger partial charge on any atom is 0.288 e. The lowest BCUT2D eigenvalue weighted by Gasteiger charge is -2.13. The number of hydrogen-bond donors (Lipinski definition) is 2. The van der Waals surface area contributed by atoms with Crippen molar-refractivity contribution in [3.05, 3.63) is 29.8 Å². The molecule has 0 aliphatic carbocycles. The Hall–Kier alpha value is -2.35. The first-order chi connectivity index (χ1) is 11.0. The third-order valence-electron chi connectivity index (χ3n) is 3.14. The van der Waals surface area contributed by atoms with Gasteiger partial charge in [0, 0.05) is 25.7 Å². The number of nitrogens with zero attached hydrogens (tertiary/aromatic N) is 1. The average molecular weight is 335 g/mol. The lowest BCUT2D eigenvalue weighted by Crippen LogP contribution is -2.37. The fourth-order valence-electron chi connectivity index (χ4n) is 2.06. The molecule has 0 unspecified atom stereocenters. The highest BCUT2D eigenvalue weighted by Gasteiger charge is 2.29. The maximum absolute atomic E-state index is 11.8. The van der Waals surface area contributed by atoms with Gasteiger partial charge in [0.05, 0.1) is 12.2 Å². The van der Waals surface area contributed by atoms with Gasteiger partial charge in [-0.25, -0.2) is 0 Å². The molecule has 1 fully saturated rings. The molecular formula is C15H17N3O4S. The molecule has 2 rings (SSSR count). The monoisotopic (exact) mass is 335 g/mol. The number of carbonyl (C=O) groups excluding carboxylic acids is 4. The van der Waals surface area contributed by atoms with Gasteiger partial charge in [-0.1, -0.05) is 23.9 Å². The van der Waals surface area contributed by atoms with Gasteiger partial charge >= 0.3 is 0 Å². The van der Waals surface area contributed by atoms with Crippen molar-refractivity contribution in [3.8, 4) is 0 Å². The number of anilines is 1. The van der Waals surface area contributed by atoms with Crippen LogP contribution in [0.2, 0.25) is 0 Å². The highest BCUT2D eigenvalue weighted by molar-refractivity contribution is 8.14. The zero-order valence-electron chi connectivity index (χ0n) is 12.6. The quantitative estimate of drug-likeness (QED) is 0.808. The molecule has 8 heteroatoms. The summed E-state index contributed by atoms with van der Waals surface area (Å²) in [5, 5.41) is 5.06. The molecule has 0 saturated carbocycles. The summed E-state index contributed by atoms with van der Waals surface area (Å²) in [6, 6.07) is 6.97. The first-order valence-electron chi connectivity index (χ1n) is 7.06. The largest absolute Gasteiger partial charge is 0.354 e. The second kappa shape index (κ2) is 7.77. The van der Waals surface area contributed by atoms with E-state index in [4.69, 9.17) is 0 Å². The molecule has 1 aliphatic rings. The minimum Gasteiger partial charge on any atom is -0.354 e. The number of benzene rings is 1. The van der Waals surface area contributed by atoms with Crippen molar-refractivity contribution >= 4 is 40.4 Å². The van der Waals surface area contributed by atoms with Gasteiger partial charge in [-0.15, -0.1) is 0 Å². The Bertz CT molecular complexity index is 614. The van der Waals surface area contributed by atoms with E-state index in [0.717, 1.165) is 22.2 Å².